The number of nitrogens with two attached hydrogens (primary N) is 1. The molecule has 1 heterocycles. The third-order valence-corrected chi connectivity index (χ3v) is 2.71. The molecule has 1 unspecified atom stereocenters. The van der Waals surface area contributed by atoms with Gasteiger partial charge in [-0.2, -0.15) is 0 Å². The first kappa shape index (κ1) is 9.40. The minimum atomic E-state index is 0.0838. The van der Waals surface area contributed by atoms with E-state index in [9.17, 15) is 4.79 Å². The Balaban J connectivity index is 2.41. The van der Waals surface area contributed by atoms with Gasteiger partial charge >= 0.3 is 0 Å². The second-order valence-electron chi connectivity index (χ2n) is 3.93. The summed E-state index contributed by atoms with van der Waals surface area (Å²) in [4.78, 5) is 16.0. The van der Waals surface area contributed by atoms with Gasteiger partial charge in [0.2, 0.25) is 0 Å². The van der Waals surface area contributed by atoms with Gasteiger partial charge in [0, 0.05) is 23.7 Å². The fourth-order valence-electron chi connectivity index (χ4n) is 1.52. The van der Waals surface area contributed by atoms with Gasteiger partial charge in [-0.1, -0.05) is 6.92 Å². The van der Waals surface area contributed by atoms with Crippen LogP contribution in [0.3, 0.4) is 0 Å². The van der Waals surface area contributed by atoms with Gasteiger partial charge in [-0.3, -0.25) is 9.36 Å². The van der Waals surface area contributed by atoms with E-state index in [2.05, 4.69) is 4.98 Å². The predicted octanol–water partition coefficient (Wildman–Crippen LogP) is 0.640. The van der Waals surface area contributed by atoms with Crippen molar-refractivity contribution in [1.82, 2.24) is 9.55 Å². The number of aromatic nitrogens is 2. The van der Waals surface area contributed by atoms with E-state index in [-0.39, 0.29) is 11.5 Å². The monoisotopic (exact) mass is 193 g/mol. The molecule has 2 N–H and O–H groups in total. The summed E-state index contributed by atoms with van der Waals surface area (Å²) in [5.74, 6) is 0.0983. The molecular formula is C10H15N3O. The Labute approximate surface area is 82.8 Å². The molecule has 0 aromatic carbocycles. The van der Waals surface area contributed by atoms with Gasteiger partial charge in [-0.15, -0.1) is 0 Å². The Morgan fingerprint density at radius 3 is 3.00 bits per heavy atom. The van der Waals surface area contributed by atoms with E-state index in [1.807, 2.05) is 6.92 Å². The van der Waals surface area contributed by atoms with Crippen LogP contribution in [0.5, 0.6) is 0 Å². The summed E-state index contributed by atoms with van der Waals surface area (Å²) in [6.07, 6.45) is 5.47. The van der Waals surface area contributed by atoms with Crippen molar-refractivity contribution in [1.29, 1.82) is 0 Å². The lowest BCUT2D eigenvalue weighted by atomic mass is 10.1. The molecule has 4 heteroatoms. The predicted molar refractivity (Wildman–Crippen MR) is 54.2 cm³/mol. The van der Waals surface area contributed by atoms with Crippen LogP contribution in [-0.2, 0) is 0 Å². The van der Waals surface area contributed by atoms with Crippen LogP contribution in [0.4, 0.5) is 0 Å². The molecule has 0 saturated heterocycles. The largest absolute Gasteiger partial charge is 0.330 e. The van der Waals surface area contributed by atoms with Crippen molar-refractivity contribution in [3.63, 3.8) is 0 Å². The van der Waals surface area contributed by atoms with Gasteiger partial charge in [0.25, 0.3) is 5.56 Å². The van der Waals surface area contributed by atoms with E-state index >= 15 is 0 Å². The summed E-state index contributed by atoms with van der Waals surface area (Å²) in [6.45, 7) is 2.45. The number of hydrogen-bond donors (Lipinski definition) is 1. The van der Waals surface area contributed by atoms with E-state index in [0.717, 1.165) is 18.4 Å². The van der Waals surface area contributed by atoms with Gasteiger partial charge in [-0.05, 0) is 19.4 Å². The minimum absolute atomic E-state index is 0.0838. The summed E-state index contributed by atoms with van der Waals surface area (Å²) in [5.41, 5.74) is 6.36. The minimum Gasteiger partial charge on any atom is -0.330 e. The summed E-state index contributed by atoms with van der Waals surface area (Å²) >= 11 is 0. The maximum atomic E-state index is 11.9. The van der Waals surface area contributed by atoms with Crippen LogP contribution in [0.25, 0.3) is 0 Å². The molecule has 76 valence electrons. The molecule has 1 aromatic rings. The normalized spacial score (nSPS) is 18.1. The molecule has 0 spiro atoms. The molecule has 0 amide bonds. The van der Waals surface area contributed by atoms with Crippen LogP contribution in [0, 0.1) is 0 Å². The Hall–Kier alpha value is -1.16. The zero-order valence-corrected chi connectivity index (χ0v) is 8.31. The topological polar surface area (TPSA) is 60.9 Å². The second-order valence-corrected chi connectivity index (χ2v) is 3.93. The average Bonchev–Trinajstić information content (AvgIpc) is 3.01. The van der Waals surface area contributed by atoms with Crippen LogP contribution in [0.2, 0.25) is 0 Å². The maximum Gasteiger partial charge on any atom is 0.257 e. The summed E-state index contributed by atoms with van der Waals surface area (Å²) in [6, 6.07) is 0.389. The van der Waals surface area contributed by atoms with Crippen molar-refractivity contribution >= 4 is 0 Å². The fraction of sp³-hybridized carbons (Fsp3) is 0.600. The van der Waals surface area contributed by atoms with Crippen molar-refractivity contribution in [3.05, 3.63) is 28.4 Å². The number of hydrogen-bond acceptors (Lipinski definition) is 3. The van der Waals surface area contributed by atoms with E-state index in [0.29, 0.717) is 12.6 Å². The highest BCUT2D eigenvalue weighted by Crippen LogP contribution is 2.33. The Bertz CT molecular complexity index is 381. The highest BCUT2D eigenvalue weighted by Gasteiger charge is 2.25. The van der Waals surface area contributed by atoms with Crippen molar-refractivity contribution in [2.75, 3.05) is 6.54 Å². The molecule has 0 radical (unpaired) electrons. The zero-order valence-electron chi connectivity index (χ0n) is 8.31. The van der Waals surface area contributed by atoms with Crippen molar-refractivity contribution in [3.8, 4) is 0 Å². The molecule has 4 nitrogen and oxygen atoms in total. The molecule has 2 rings (SSSR count). The molecule has 1 atom stereocenters. The third-order valence-electron chi connectivity index (χ3n) is 2.71. The van der Waals surface area contributed by atoms with E-state index in [4.69, 9.17) is 5.73 Å². The molecular weight excluding hydrogens is 178 g/mol. The summed E-state index contributed by atoms with van der Waals surface area (Å²) in [7, 11) is 0. The van der Waals surface area contributed by atoms with Crippen LogP contribution < -0.4 is 11.3 Å². The first-order chi connectivity index (χ1) is 6.74. The quantitative estimate of drug-likeness (QED) is 0.766. The van der Waals surface area contributed by atoms with Gasteiger partial charge < -0.3 is 5.73 Å². The average molecular weight is 193 g/mol. The van der Waals surface area contributed by atoms with Crippen LogP contribution in [-0.4, -0.2) is 16.1 Å². The molecule has 0 aliphatic heterocycles. The SMILES string of the molecule is CC(CN)c1cncn(C2CC2)c1=O. The molecule has 1 saturated carbocycles. The first-order valence-corrected chi connectivity index (χ1v) is 5.00. The number of nitrogens with zero attached hydrogens (tertiary/aromatic N) is 2. The Morgan fingerprint density at radius 2 is 2.43 bits per heavy atom. The first-order valence-electron chi connectivity index (χ1n) is 5.00. The maximum absolute atomic E-state index is 11.9. The third kappa shape index (κ3) is 1.57. The van der Waals surface area contributed by atoms with Gasteiger partial charge in [0.05, 0.1) is 6.33 Å². The van der Waals surface area contributed by atoms with Crippen LogP contribution in [0.1, 0.15) is 37.3 Å². The fourth-order valence-corrected chi connectivity index (χ4v) is 1.52. The van der Waals surface area contributed by atoms with Crippen LogP contribution in [0.15, 0.2) is 17.3 Å². The van der Waals surface area contributed by atoms with Gasteiger partial charge in [0.15, 0.2) is 0 Å². The van der Waals surface area contributed by atoms with E-state index < -0.39 is 0 Å². The Kier molecular flexibility index (Phi) is 2.37. The Morgan fingerprint density at radius 1 is 1.71 bits per heavy atom. The second kappa shape index (κ2) is 3.53. The lowest BCUT2D eigenvalue weighted by Gasteiger charge is -2.09. The lowest BCUT2D eigenvalue weighted by Crippen LogP contribution is -2.26. The molecule has 1 aromatic heterocycles. The van der Waals surface area contributed by atoms with Crippen LogP contribution >= 0.6 is 0 Å². The summed E-state index contributed by atoms with van der Waals surface area (Å²) < 4.78 is 1.74. The molecule has 0 bridgehead atoms. The highest BCUT2D eigenvalue weighted by atomic mass is 16.1. The smallest absolute Gasteiger partial charge is 0.257 e. The lowest BCUT2D eigenvalue weighted by molar-refractivity contribution is 0.652. The molecule has 1 aliphatic carbocycles. The zero-order chi connectivity index (χ0) is 10.1. The summed E-state index contributed by atoms with van der Waals surface area (Å²) in [5, 5.41) is 0. The molecule has 1 fully saturated rings. The van der Waals surface area contributed by atoms with E-state index in [1.165, 1.54) is 0 Å². The van der Waals surface area contributed by atoms with Crippen molar-refractivity contribution in [2.45, 2.75) is 31.7 Å². The highest BCUT2D eigenvalue weighted by molar-refractivity contribution is 5.12. The standard InChI is InChI=1S/C10H15N3O/c1-7(4-11)9-5-12-6-13(10(9)14)8-2-3-8/h5-8H,2-4,11H2,1H3. The van der Waals surface area contributed by atoms with Gasteiger partial charge in [0.1, 0.15) is 0 Å². The molecule has 1 aliphatic rings. The van der Waals surface area contributed by atoms with Crippen molar-refractivity contribution in [2.24, 2.45) is 5.73 Å². The van der Waals surface area contributed by atoms with E-state index in [1.54, 1.807) is 17.1 Å². The molecule has 14 heavy (non-hydrogen) atoms. The number of rotatable bonds is 3. The van der Waals surface area contributed by atoms with Gasteiger partial charge in [-0.25, -0.2) is 4.98 Å². The van der Waals surface area contributed by atoms with Crippen molar-refractivity contribution < 1.29 is 0 Å².